The summed E-state index contributed by atoms with van der Waals surface area (Å²) in [5.74, 6) is -0.770. The highest BCUT2D eigenvalue weighted by molar-refractivity contribution is 5.96. The van der Waals surface area contributed by atoms with Crippen LogP contribution in [0.1, 0.15) is 33.0 Å². The zero-order valence-electron chi connectivity index (χ0n) is 19.0. The molecule has 172 valence electrons. The van der Waals surface area contributed by atoms with Crippen molar-refractivity contribution in [1.82, 2.24) is 10.2 Å². The SMILES string of the molecule is Cc1ccc(C(=O)Oc2ccc(C(CN)C(=O)Nc3ccc(-c4cn[nH]c4)cc3)cc2)c(C)c1. The van der Waals surface area contributed by atoms with Gasteiger partial charge in [-0.2, -0.15) is 5.10 Å². The zero-order valence-corrected chi connectivity index (χ0v) is 19.0. The van der Waals surface area contributed by atoms with Gasteiger partial charge in [0.2, 0.25) is 5.91 Å². The van der Waals surface area contributed by atoms with Crippen LogP contribution in [0.25, 0.3) is 11.1 Å². The molecule has 7 heteroatoms. The normalized spacial score (nSPS) is 11.6. The fourth-order valence-corrected chi connectivity index (χ4v) is 3.75. The highest BCUT2D eigenvalue weighted by Crippen LogP contribution is 2.24. The number of hydrogen-bond donors (Lipinski definition) is 3. The van der Waals surface area contributed by atoms with Crippen LogP contribution in [-0.4, -0.2) is 28.6 Å². The van der Waals surface area contributed by atoms with Gasteiger partial charge in [-0.1, -0.05) is 42.0 Å². The molecule has 0 aliphatic carbocycles. The Morgan fingerprint density at radius 3 is 2.35 bits per heavy atom. The molecule has 3 aromatic carbocycles. The monoisotopic (exact) mass is 454 g/mol. The topological polar surface area (TPSA) is 110 Å². The molecule has 4 N–H and O–H groups in total. The first kappa shape index (κ1) is 22.9. The number of esters is 1. The third-order valence-corrected chi connectivity index (χ3v) is 5.63. The van der Waals surface area contributed by atoms with Crippen LogP contribution < -0.4 is 15.8 Å². The van der Waals surface area contributed by atoms with Crippen molar-refractivity contribution in [2.75, 3.05) is 11.9 Å². The number of benzene rings is 3. The van der Waals surface area contributed by atoms with Gasteiger partial charge in [0.05, 0.1) is 17.7 Å². The summed E-state index contributed by atoms with van der Waals surface area (Å²) < 4.78 is 5.51. The summed E-state index contributed by atoms with van der Waals surface area (Å²) in [7, 11) is 0. The lowest BCUT2D eigenvalue weighted by Crippen LogP contribution is -2.27. The number of amides is 1. The van der Waals surface area contributed by atoms with E-state index >= 15 is 0 Å². The fourth-order valence-electron chi connectivity index (χ4n) is 3.75. The molecule has 0 spiro atoms. The van der Waals surface area contributed by atoms with Gasteiger partial charge in [0, 0.05) is 24.0 Å². The van der Waals surface area contributed by atoms with Crippen LogP contribution in [0.15, 0.2) is 79.1 Å². The molecule has 1 heterocycles. The molecule has 0 saturated heterocycles. The van der Waals surface area contributed by atoms with E-state index in [0.29, 0.717) is 17.0 Å². The molecule has 1 aromatic heterocycles. The van der Waals surface area contributed by atoms with Crippen molar-refractivity contribution < 1.29 is 14.3 Å². The van der Waals surface area contributed by atoms with Gasteiger partial charge in [-0.15, -0.1) is 0 Å². The smallest absolute Gasteiger partial charge is 0.343 e. The highest BCUT2D eigenvalue weighted by atomic mass is 16.5. The third kappa shape index (κ3) is 5.22. The number of nitrogens with one attached hydrogen (secondary N) is 2. The molecule has 0 saturated carbocycles. The maximum atomic E-state index is 12.9. The minimum absolute atomic E-state index is 0.140. The molecule has 1 unspecified atom stereocenters. The molecule has 4 rings (SSSR count). The number of aromatic nitrogens is 2. The molecule has 0 bridgehead atoms. The van der Waals surface area contributed by atoms with Crippen LogP contribution >= 0.6 is 0 Å². The van der Waals surface area contributed by atoms with Gasteiger partial charge in [-0.05, 0) is 60.9 Å². The first-order valence-electron chi connectivity index (χ1n) is 10.9. The fraction of sp³-hybridized carbons (Fsp3) is 0.148. The van der Waals surface area contributed by atoms with E-state index < -0.39 is 11.9 Å². The van der Waals surface area contributed by atoms with Crippen molar-refractivity contribution in [1.29, 1.82) is 0 Å². The highest BCUT2D eigenvalue weighted by Gasteiger charge is 2.20. The van der Waals surface area contributed by atoms with Gasteiger partial charge in [-0.3, -0.25) is 9.89 Å². The number of anilines is 1. The van der Waals surface area contributed by atoms with E-state index in [1.165, 1.54) is 0 Å². The molecule has 7 nitrogen and oxygen atoms in total. The second kappa shape index (κ2) is 10.1. The number of nitrogens with zero attached hydrogens (tertiary/aromatic N) is 1. The predicted molar refractivity (Wildman–Crippen MR) is 132 cm³/mol. The Morgan fingerprint density at radius 1 is 1.00 bits per heavy atom. The van der Waals surface area contributed by atoms with Gasteiger partial charge in [-0.25, -0.2) is 4.79 Å². The Kier molecular flexibility index (Phi) is 6.85. The van der Waals surface area contributed by atoms with E-state index in [1.54, 1.807) is 42.7 Å². The average molecular weight is 455 g/mol. The van der Waals surface area contributed by atoms with E-state index in [0.717, 1.165) is 27.8 Å². The summed E-state index contributed by atoms with van der Waals surface area (Å²) in [6, 6.07) is 19.9. The lowest BCUT2D eigenvalue weighted by Gasteiger charge is -2.16. The van der Waals surface area contributed by atoms with Gasteiger partial charge in [0.15, 0.2) is 0 Å². The summed E-state index contributed by atoms with van der Waals surface area (Å²) in [6.45, 7) is 3.99. The largest absolute Gasteiger partial charge is 0.423 e. The van der Waals surface area contributed by atoms with Crippen LogP contribution in [0, 0.1) is 13.8 Å². The molecular formula is C27H26N4O3. The lowest BCUT2D eigenvalue weighted by molar-refractivity contribution is -0.117. The minimum Gasteiger partial charge on any atom is -0.423 e. The van der Waals surface area contributed by atoms with Crippen molar-refractivity contribution in [3.63, 3.8) is 0 Å². The van der Waals surface area contributed by atoms with E-state index in [-0.39, 0.29) is 12.5 Å². The van der Waals surface area contributed by atoms with E-state index in [1.807, 2.05) is 50.2 Å². The number of ether oxygens (including phenoxy) is 1. The molecule has 1 atom stereocenters. The second-order valence-electron chi connectivity index (χ2n) is 8.12. The average Bonchev–Trinajstić information content (AvgIpc) is 3.36. The molecule has 0 radical (unpaired) electrons. The summed E-state index contributed by atoms with van der Waals surface area (Å²) >= 11 is 0. The van der Waals surface area contributed by atoms with E-state index in [2.05, 4.69) is 15.5 Å². The molecular weight excluding hydrogens is 428 g/mol. The van der Waals surface area contributed by atoms with E-state index in [4.69, 9.17) is 10.5 Å². The first-order valence-corrected chi connectivity index (χ1v) is 10.9. The number of aromatic amines is 1. The Morgan fingerprint density at radius 2 is 1.74 bits per heavy atom. The Balaban J connectivity index is 1.41. The van der Waals surface area contributed by atoms with Crippen molar-refractivity contribution in [2.45, 2.75) is 19.8 Å². The van der Waals surface area contributed by atoms with E-state index in [9.17, 15) is 9.59 Å². The summed E-state index contributed by atoms with van der Waals surface area (Å²) in [6.07, 6.45) is 3.54. The minimum atomic E-state index is -0.544. The summed E-state index contributed by atoms with van der Waals surface area (Å²) in [4.78, 5) is 25.4. The zero-order chi connectivity index (χ0) is 24.1. The quantitative estimate of drug-likeness (QED) is 0.279. The molecule has 0 aliphatic heterocycles. The summed E-state index contributed by atoms with van der Waals surface area (Å²) in [5, 5.41) is 9.64. The first-order chi connectivity index (χ1) is 16.4. The standard InChI is InChI=1S/C27H26N4O3/c1-17-3-12-24(18(2)13-17)27(33)34-23-10-6-20(7-11-23)25(14-28)26(32)31-22-8-4-19(5-9-22)21-15-29-30-16-21/h3-13,15-16,25H,14,28H2,1-2H3,(H,29,30)(H,31,32). The number of nitrogens with two attached hydrogens (primary N) is 1. The van der Waals surface area contributed by atoms with Crippen LogP contribution in [-0.2, 0) is 4.79 Å². The second-order valence-corrected chi connectivity index (χ2v) is 8.12. The van der Waals surface area contributed by atoms with Gasteiger partial charge >= 0.3 is 5.97 Å². The van der Waals surface area contributed by atoms with Crippen LogP contribution in [0.5, 0.6) is 5.75 Å². The number of carbonyl (C=O) groups is 2. The predicted octanol–water partition coefficient (Wildman–Crippen LogP) is 4.59. The number of aryl methyl sites for hydroxylation is 2. The number of hydrogen-bond acceptors (Lipinski definition) is 5. The molecule has 0 fully saturated rings. The van der Waals surface area contributed by atoms with Gasteiger partial charge in [0.1, 0.15) is 5.75 Å². The molecule has 34 heavy (non-hydrogen) atoms. The number of carbonyl (C=O) groups excluding carboxylic acids is 2. The van der Waals surface area contributed by atoms with Crippen molar-refractivity contribution in [3.8, 4) is 16.9 Å². The van der Waals surface area contributed by atoms with Crippen molar-refractivity contribution in [2.24, 2.45) is 5.73 Å². The maximum absolute atomic E-state index is 12.9. The van der Waals surface area contributed by atoms with Crippen LogP contribution in [0.3, 0.4) is 0 Å². The van der Waals surface area contributed by atoms with Crippen LogP contribution in [0.4, 0.5) is 5.69 Å². The number of rotatable bonds is 7. The lowest BCUT2D eigenvalue weighted by atomic mass is 9.98. The van der Waals surface area contributed by atoms with Gasteiger partial charge in [0.25, 0.3) is 0 Å². The Hall–Kier alpha value is -4.23. The van der Waals surface area contributed by atoms with Crippen LogP contribution in [0.2, 0.25) is 0 Å². The Bertz CT molecular complexity index is 1280. The van der Waals surface area contributed by atoms with Gasteiger partial charge < -0.3 is 15.8 Å². The Labute approximate surface area is 198 Å². The molecule has 1 amide bonds. The molecule has 0 aliphatic rings. The van der Waals surface area contributed by atoms with Crippen molar-refractivity contribution >= 4 is 17.6 Å². The molecule has 4 aromatic rings. The van der Waals surface area contributed by atoms with Crippen molar-refractivity contribution in [3.05, 3.63) is 101 Å². The third-order valence-electron chi connectivity index (χ3n) is 5.63. The number of H-pyrrole nitrogens is 1. The maximum Gasteiger partial charge on any atom is 0.343 e. The summed E-state index contributed by atoms with van der Waals surface area (Å²) in [5.41, 5.74) is 11.8.